The lowest BCUT2D eigenvalue weighted by Gasteiger charge is -2.15. The highest BCUT2D eigenvalue weighted by atomic mass is 16.7. The summed E-state index contributed by atoms with van der Waals surface area (Å²) in [6.07, 6.45) is 0.777. The van der Waals surface area contributed by atoms with Crippen molar-refractivity contribution < 1.29 is 14.4 Å². The fourth-order valence-corrected chi connectivity index (χ4v) is 2.87. The Labute approximate surface area is 131 Å². The fraction of sp³-hybridized carbons (Fsp3) is 0.250. The Morgan fingerprint density at radius 2 is 1.87 bits per heavy atom. The molecule has 7 heteroatoms. The fourth-order valence-electron chi connectivity index (χ4n) is 2.87. The minimum atomic E-state index is -0.412. The molecule has 1 unspecified atom stereocenters. The van der Waals surface area contributed by atoms with E-state index in [9.17, 15) is 10.1 Å². The Morgan fingerprint density at radius 1 is 1.13 bits per heavy atom. The van der Waals surface area contributed by atoms with Crippen LogP contribution in [0.2, 0.25) is 0 Å². The van der Waals surface area contributed by atoms with Gasteiger partial charge in [0.15, 0.2) is 11.5 Å². The zero-order valence-electron chi connectivity index (χ0n) is 12.1. The molecule has 0 saturated heterocycles. The van der Waals surface area contributed by atoms with Crippen molar-refractivity contribution in [2.24, 2.45) is 10.2 Å². The minimum absolute atomic E-state index is 0.0604. The number of ether oxygens (including phenoxy) is 2. The van der Waals surface area contributed by atoms with Crippen LogP contribution in [-0.4, -0.2) is 18.3 Å². The summed E-state index contributed by atoms with van der Waals surface area (Å²) in [6.45, 7) is 0.831. The van der Waals surface area contributed by atoms with Crippen molar-refractivity contribution in [2.45, 2.75) is 12.5 Å². The number of fused-ring (bicyclic) bond motifs is 2. The van der Waals surface area contributed by atoms with E-state index >= 15 is 0 Å². The van der Waals surface area contributed by atoms with Crippen LogP contribution in [0.3, 0.4) is 0 Å². The number of nitrogens with zero attached hydrogens (tertiary/aromatic N) is 3. The van der Waals surface area contributed by atoms with Gasteiger partial charge in [0, 0.05) is 12.1 Å². The Kier molecular flexibility index (Phi) is 3.18. The first-order valence-corrected chi connectivity index (χ1v) is 7.26. The van der Waals surface area contributed by atoms with E-state index in [0.717, 1.165) is 28.9 Å². The summed E-state index contributed by atoms with van der Waals surface area (Å²) in [5, 5.41) is 19.4. The highest BCUT2D eigenvalue weighted by Gasteiger charge is 2.25. The molecule has 2 heterocycles. The molecule has 0 radical (unpaired) electrons. The molecule has 0 amide bonds. The number of hydrogen-bond acceptors (Lipinski definition) is 6. The van der Waals surface area contributed by atoms with Crippen molar-refractivity contribution in [3.8, 4) is 11.5 Å². The molecule has 7 nitrogen and oxygen atoms in total. The maximum atomic E-state index is 10.8. The smallest absolute Gasteiger partial charge is 0.269 e. The third kappa shape index (κ3) is 2.40. The molecule has 0 aliphatic carbocycles. The molecule has 0 fully saturated rings. The zero-order valence-corrected chi connectivity index (χ0v) is 12.1. The summed E-state index contributed by atoms with van der Waals surface area (Å²) >= 11 is 0. The lowest BCUT2D eigenvalue weighted by molar-refractivity contribution is -0.384. The van der Waals surface area contributed by atoms with Gasteiger partial charge in [-0.15, -0.1) is 0 Å². The van der Waals surface area contributed by atoms with E-state index in [1.807, 2.05) is 12.1 Å². The van der Waals surface area contributed by atoms with Gasteiger partial charge >= 0.3 is 0 Å². The van der Waals surface area contributed by atoms with Gasteiger partial charge in [-0.25, -0.2) is 0 Å². The molecular weight excluding hydrogens is 298 g/mol. The average Bonchev–Trinajstić information content (AvgIpc) is 2.91. The van der Waals surface area contributed by atoms with Crippen molar-refractivity contribution in [3.05, 3.63) is 63.2 Å². The molecule has 4 rings (SSSR count). The number of nitro groups is 1. The summed E-state index contributed by atoms with van der Waals surface area (Å²) in [6, 6.07) is 10.1. The SMILES string of the molecule is O=[N+]([O-])c1ccc(C2N=NCCc3cc4c(cc32)OCO4)cc1. The molecule has 2 aromatic rings. The van der Waals surface area contributed by atoms with E-state index < -0.39 is 4.92 Å². The molecule has 0 bridgehead atoms. The van der Waals surface area contributed by atoms with E-state index in [1.165, 1.54) is 12.1 Å². The van der Waals surface area contributed by atoms with Gasteiger partial charge in [0.05, 0.1) is 11.5 Å². The average molecular weight is 311 g/mol. The largest absolute Gasteiger partial charge is 0.454 e. The molecule has 0 aromatic heterocycles. The number of rotatable bonds is 2. The topological polar surface area (TPSA) is 86.3 Å². The van der Waals surface area contributed by atoms with Gasteiger partial charge in [0.2, 0.25) is 6.79 Å². The Balaban J connectivity index is 1.78. The summed E-state index contributed by atoms with van der Waals surface area (Å²) < 4.78 is 10.9. The second-order valence-electron chi connectivity index (χ2n) is 5.39. The third-order valence-corrected chi connectivity index (χ3v) is 4.03. The van der Waals surface area contributed by atoms with E-state index in [1.54, 1.807) is 12.1 Å². The van der Waals surface area contributed by atoms with Gasteiger partial charge in [-0.2, -0.15) is 10.2 Å². The zero-order chi connectivity index (χ0) is 15.8. The summed E-state index contributed by atoms with van der Waals surface area (Å²) in [7, 11) is 0. The molecule has 1 atom stereocenters. The minimum Gasteiger partial charge on any atom is -0.454 e. The van der Waals surface area contributed by atoms with E-state index in [4.69, 9.17) is 9.47 Å². The van der Waals surface area contributed by atoms with E-state index in [2.05, 4.69) is 10.2 Å². The van der Waals surface area contributed by atoms with Crippen LogP contribution < -0.4 is 9.47 Å². The normalized spacial score (nSPS) is 18.3. The first-order valence-electron chi connectivity index (χ1n) is 7.26. The summed E-state index contributed by atoms with van der Waals surface area (Å²) in [5.41, 5.74) is 3.04. The van der Waals surface area contributed by atoms with Crippen molar-refractivity contribution in [2.75, 3.05) is 13.3 Å². The number of benzene rings is 2. The monoisotopic (exact) mass is 311 g/mol. The van der Waals surface area contributed by atoms with Crippen molar-refractivity contribution >= 4 is 5.69 Å². The van der Waals surface area contributed by atoms with Crippen LogP contribution in [0, 0.1) is 10.1 Å². The quantitative estimate of drug-likeness (QED) is 0.628. The van der Waals surface area contributed by atoms with Crippen molar-refractivity contribution in [1.82, 2.24) is 0 Å². The Morgan fingerprint density at radius 3 is 2.61 bits per heavy atom. The van der Waals surface area contributed by atoms with Gasteiger partial charge in [-0.3, -0.25) is 10.1 Å². The van der Waals surface area contributed by atoms with E-state index in [0.29, 0.717) is 12.3 Å². The van der Waals surface area contributed by atoms with Crippen LogP contribution in [0.25, 0.3) is 0 Å². The highest BCUT2D eigenvalue weighted by molar-refractivity contribution is 5.52. The first-order chi connectivity index (χ1) is 11.2. The molecule has 2 aliphatic heterocycles. The van der Waals surface area contributed by atoms with Crippen LogP contribution in [0.1, 0.15) is 22.7 Å². The molecular formula is C16H13N3O4. The third-order valence-electron chi connectivity index (χ3n) is 4.03. The Hall–Kier alpha value is -2.96. The lowest BCUT2D eigenvalue weighted by Crippen LogP contribution is -2.01. The molecule has 116 valence electrons. The maximum Gasteiger partial charge on any atom is 0.269 e. The van der Waals surface area contributed by atoms with Crippen LogP contribution in [0.5, 0.6) is 11.5 Å². The predicted octanol–water partition coefficient (Wildman–Crippen LogP) is 3.42. The second-order valence-corrected chi connectivity index (χ2v) is 5.39. The number of non-ortho nitro benzene ring substituents is 1. The van der Waals surface area contributed by atoms with Crippen molar-refractivity contribution in [3.63, 3.8) is 0 Å². The van der Waals surface area contributed by atoms with Gasteiger partial charge in [-0.1, -0.05) is 0 Å². The van der Waals surface area contributed by atoms with Gasteiger partial charge in [-0.05, 0) is 47.4 Å². The van der Waals surface area contributed by atoms with E-state index in [-0.39, 0.29) is 18.5 Å². The first kappa shape index (κ1) is 13.7. The molecule has 0 N–H and O–H groups in total. The molecule has 0 spiro atoms. The van der Waals surface area contributed by atoms with Crippen LogP contribution >= 0.6 is 0 Å². The second kappa shape index (κ2) is 5.35. The van der Waals surface area contributed by atoms with Gasteiger partial charge in [0.1, 0.15) is 6.04 Å². The standard InChI is InChI=1S/C16H13N3O4/c20-19(21)12-3-1-10(2-4-12)16-13-8-15-14(22-9-23-15)7-11(13)5-6-17-18-16/h1-4,7-8,16H,5-6,9H2. The Bertz CT molecular complexity index is 802. The van der Waals surface area contributed by atoms with Crippen LogP contribution in [0.15, 0.2) is 46.6 Å². The maximum absolute atomic E-state index is 10.8. The number of nitro benzene ring substituents is 1. The summed E-state index contributed by atoms with van der Waals surface area (Å²) in [5.74, 6) is 1.45. The molecule has 23 heavy (non-hydrogen) atoms. The van der Waals surface area contributed by atoms with Gasteiger partial charge in [0.25, 0.3) is 5.69 Å². The molecule has 0 saturated carbocycles. The number of hydrogen-bond donors (Lipinski definition) is 0. The number of azo groups is 1. The van der Waals surface area contributed by atoms with Crippen LogP contribution in [0.4, 0.5) is 5.69 Å². The lowest BCUT2D eigenvalue weighted by atomic mass is 9.93. The molecule has 2 aliphatic rings. The predicted molar refractivity (Wildman–Crippen MR) is 80.9 cm³/mol. The highest BCUT2D eigenvalue weighted by Crippen LogP contribution is 2.41. The summed E-state index contributed by atoms with van der Waals surface area (Å²) in [4.78, 5) is 10.4. The van der Waals surface area contributed by atoms with Crippen molar-refractivity contribution in [1.29, 1.82) is 0 Å². The molecule has 2 aromatic carbocycles. The van der Waals surface area contributed by atoms with Gasteiger partial charge < -0.3 is 9.47 Å². The van der Waals surface area contributed by atoms with Crippen LogP contribution in [-0.2, 0) is 6.42 Å².